The third-order valence-corrected chi connectivity index (χ3v) is 4.47. The van der Waals surface area contributed by atoms with Crippen molar-refractivity contribution in [3.63, 3.8) is 0 Å². The fourth-order valence-corrected chi connectivity index (χ4v) is 2.91. The zero-order chi connectivity index (χ0) is 20.5. The second-order valence-corrected chi connectivity index (χ2v) is 7.15. The van der Waals surface area contributed by atoms with E-state index in [1.807, 2.05) is 32.0 Å². The predicted octanol–water partition coefficient (Wildman–Crippen LogP) is 2.71. The van der Waals surface area contributed by atoms with Gasteiger partial charge in [-0.1, -0.05) is 19.9 Å². The van der Waals surface area contributed by atoms with Crippen molar-refractivity contribution in [2.24, 2.45) is 5.92 Å². The Kier molecular flexibility index (Phi) is 8.22. The van der Waals surface area contributed by atoms with Crippen LogP contribution in [-0.4, -0.2) is 68.9 Å². The summed E-state index contributed by atoms with van der Waals surface area (Å²) in [6.07, 6.45) is 0.418. The molecule has 0 aromatic heterocycles. The minimum absolute atomic E-state index is 0.146. The molecular formula is C20H31N3O5. The highest BCUT2D eigenvalue weighted by molar-refractivity contribution is 5.74. The summed E-state index contributed by atoms with van der Waals surface area (Å²) in [5, 5.41) is 2.93. The molecular weight excluding hydrogens is 362 g/mol. The molecule has 1 aliphatic heterocycles. The molecule has 8 nitrogen and oxygen atoms in total. The summed E-state index contributed by atoms with van der Waals surface area (Å²) in [4.78, 5) is 28.0. The lowest BCUT2D eigenvalue weighted by Crippen LogP contribution is -2.42. The Balaban J connectivity index is 1.84. The van der Waals surface area contributed by atoms with Gasteiger partial charge in [0.15, 0.2) is 11.5 Å². The first-order valence-electron chi connectivity index (χ1n) is 9.60. The van der Waals surface area contributed by atoms with Gasteiger partial charge < -0.3 is 29.3 Å². The fraction of sp³-hybridized carbons (Fsp3) is 0.600. The van der Waals surface area contributed by atoms with E-state index in [1.165, 1.54) is 0 Å². The van der Waals surface area contributed by atoms with Crippen LogP contribution in [0.4, 0.5) is 9.59 Å². The Morgan fingerprint density at radius 3 is 2.39 bits per heavy atom. The molecule has 3 amide bonds. The van der Waals surface area contributed by atoms with Crippen molar-refractivity contribution in [2.45, 2.75) is 26.8 Å². The number of hydrogen-bond acceptors (Lipinski definition) is 5. The molecule has 1 saturated heterocycles. The summed E-state index contributed by atoms with van der Waals surface area (Å²) in [6, 6.07) is 5.39. The molecule has 156 valence electrons. The lowest BCUT2D eigenvalue weighted by Gasteiger charge is -2.22. The van der Waals surface area contributed by atoms with Crippen LogP contribution in [0.3, 0.4) is 0 Å². The number of amides is 3. The van der Waals surface area contributed by atoms with Gasteiger partial charge in [-0.3, -0.25) is 0 Å². The zero-order valence-corrected chi connectivity index (χ0v) is 17.2. The number of benzene rings is 1. The number of carbonyl (C=O) groups excluding carboxylic acids is 2. The first-order valence-corrected chi connectivity index (χ1v) is 9.60. The number of methoxy groups -OCH3 is 2. The van der Waals surface area contributed by atoms with E-state index in [4.69, 9.17) is 14.2 Å². The van der Waals surface area contributed by atoms with Crippen molar-refractivity contribution in [1.82, 2.24) is 15.1 Å². The summed E-state index contributed by atoms with van der Waals surface area (Å²) in [5.74, 6) is 1.57. The van der Waals surface area contributed by atoms with Crippen molar-refractivity contribution < 1.29 is 23.8 Å². The molecule has 0 aliphatic carbocycles. The highest BCUT2D eigenvalue weighted by atomic mass is 16.6. The zero-order valence-electron chi connectivity index (χ0n) is 17.2. The third kappa shape index (κ3) is 6.21. The first-order chi connectivity index (χ1) is 13.4. The highest BCUT2D eigenvalue weighted by Gasteiger charge is 2.23. The number of ether oxygens (including phenoxy) is 3. The van der Waals surface area contributed by atoms with Gasteiger partial charge in [-0.15, -0.1) is 0 Å². The van der Waals surface area contributed by atoms with Crippen LogP contribution >= 0.6 is 0 Å². The van der Waals surface area contributed by atoms with Crippen molar-refractivity contribution in [3.8, 4) is 11.5 Å². The van der Waals surface area contributed by atoms with Crippen LogP contribution in [0.1, 0.15) is 25.8 Å². The van der Waals surface area contributed by atoms with Gasteiger partial charge in [0.2, 0.25) is 0 Å². The lowest BCUT2D eigenvalue weighted by atomic mass is 10.2. The van der Waals surface area contributed by atoms with Gasteiger partial charge in [-0.05, 0) is 30.0 Å². The minimum Gasteiger partial charge on any atom is -0.493 e. The first kappa shape index (κ1) is 21.7. The van der Waals surface area contributed by atoms with Gasteiger partial charge in [0.1, 0.15) is 0 Å². The third-order valence-electron chi connectivity index (χ3n) is 4.47. The monoisotopic (exact) mass is 393 g/mol. The average Bonchev–Trinajstić information content (AvgIpc) is 2.96. The van der Waals surface area contributed by atoms with E-state index in [-0.39, 0.29) is 12.1 Å². The molecule has 1 N–H and O–H groups in total. The Bertz CT molecular complexity index is 665. The number of rotatable bonds is 6. The molecule has 1 fully saturated rings. The smallest absolute Gasteiger partial charge is 0.409 e. The molecule has 1 aromatic carbocycles. The van der Waals surface area contributed by atoms with E-state index >= 15 is 0 Å². The summed E-state index contributed by atoms with van der Waals surface area (Å²) >= 11 is 0. The van der Waals surface area contributed by atoms with Crippen molar-refractivity contribution in [3.05, 3.63) is 23.8 Å². The maximum atomic E-state index is 12.5. The number of urea groups is 1. The van der Waals surface area contributed by atoms with Crippen LogP contribution in [0.15, 0.2) is 18.2 Å². The van der Waals surface area contributed by atoms with Crippen LogP contribution in [0, 0.1) is 5.92 Å². The van der Waals surface area contributed by atoms with E-state index < -0.39 is 0 Å². The Morgan fingerprint density at radius 1 is 1.04 bits per heavy atom. The molecule has 0 atom stereocenters. The second kappa shape index (κ2) is 10.6. The maximum Gasteiger partial charge on any atom is 0.409 e. The molecule has 1 aliphatic rings. The molecule has 0 unspecified atom stereocenters. The van der Waals surface area contributed by atoms with Crippen molar-refractivity contribution in [1.29, 1.82) is 0 Å². The molecule has 28 heavy (non-hydrogen) atoms. The molecule has 0 spiro atoms. The summed E-state index contributed by atoms with van der Waals surface area (Å²) < 4.78 is 15.8. The summed E-state index contributed by atoms with van der Waals surface area (Å²) in [5.41, 5.74) is 0.916. The average molecular weight is 393 g/mol. The fourth-order valence-electron chi connectivity index (χ4n) is 2.91. The quantitative estimate of drug-likeness (QED) is 0.804. The standard InChI is InChI=1S/C20H31N3O5/c1-15(2)14-28-20(25)23-9-5-8-22(10-11-23)19(24)21-13-16-6-7-17(26-3)18(12-16)27-4/h6-7,12,15H,5,8-11,13-14H2,1-4H3,(H,21,24). The van der Waals surface area contributed by atoms with Gasteiger partial charge in [0.05, 0.1) is 20.8 Å². The number of carbonyl (C=O) groups is 2. The van der Waals surface area contributed by atoms with Crippen molar-refractivity contribution >= 4 is 12.1 Å². The molecule has 0 bridgehead atoms. The summed E-state index contributed by atoms with van der Waals surface area (Å²) in [6.45, 7) is 6.94. The van der Waals surface area contributed by atoms with Gasteiger partial charge in [0, 0.05) is 32.7 Å². The van der Waals surface area contributed by atoms with E-state index in [0.717, 1.165) is 12.0 Å². The Hall–Kier alpha value is -2.64. The summed E-state index contributed by atoms with van der Waals surface area (Å²) in [7, 11) is 3.16. The number of hydrogen-bond donors (Lipinski definition) is 1. The van der Waals surface area contributed by atoms with E-state index in [1.54, 1.807) is 24.0 Å². The normalized spacial score (nSPS) is 14.5. The topological polar surface area (TPSA) is 80.3 Å². The van der Waals surface area contributed by atoms with Gasteiger partial charge in [-0.25, -0.2) is 9.59 Å². The molecule has 1 heterocycles. The van der Waals surface area contributed by atoms with Gasteiger partial charge in [0.25, 0.3) is 0 Å². The van der Waals surface area contributed by atoms with Crippen LogP contribution in [0.5, 0.6) is 11.5 Å². The second-order valence-electron chi connectivity index (χ2n) is 7.15. The van der Waals surface area contributed by atoms with Gasteiger partial charge in [-0.2, -0.15) is 0 Å². The molecule has 8 heteroatoms. The lowest BCUT2D eigenvalue weighted by molar-refractivity contribution is 0.0933. The van der Waals surface area contributed by atoms with E-state index in [0.29, 0.717) is 56.7 Å². The highest BCUT2D eigenvalue weighted by Crippen LogP contribution is 2.27. The van der Waals surface area contributed by atoms with Crippen LogP contribution < -0.4 is 14.8 Å². The Labute approximate surface area is 166 Å². The van der Waals surface area contributed by atoms with Crippen molar-refractivity contribution in [2.75, 3.05) is 47.0 Å². The van der Waals surface area contributed by atoms with Gasteiger partial charge >= 0.3 is 12.1 Å². The van der Waals surface area contributed by atoms with E-state index in [2.05, 4.69) is 5.32 Å². The Morgan fingerprint density at radius 2 is 1.71 bits per heavy atom. The molecule has 0 radical (unpaired) electrons. The molecule has 0 saturated carbocycles. The largest absolute Gasteiger partial charge is 0.493 e. The van der Waals surface area contributed by atoms with Crippen LogP contribution in [0.25, 0.3) is 0 Å². The predicted molar refractivity (Wildman–Crippen MR) is 106 cm³/mol. The maximum absolute atomic E-state index is 12.5. The minimum atomic E-state index is -0.304. The number of nitrogens with zero attached hydrogens (tertiary/aromatic N) is 2. The van der Waals surface area contributed by atoms with Crippen LogP contribution in [0.2, 0.25) is 0 Å². The molecule has 1 aromatic rings. The molecule has 2 rings (SSSR count). The van der Waals surface area contributed by atoms with E-state index in [9.17, 15) is 9.59 Å². The number of nitrogens with one attached hydrogen (secondary N) is 1. The SMILES string of the molecule is COc1ccc(CNC(=O)N2CCCN(C(=O)OCC(C)C)CC2)cc1OC. The van der Waals surface area contributed by atoms with Crippen LogP contribution in [-0.2, 0) is 11.3 Å².